The Morgan fingerprint density at radius 1 is 1.32 bits per heavy atom. The first-order chi connectivity index (χ1) is 9.02. The quantitative estimate of drug-likeness (QED) is 0.754. The van der Waals surface area contributed by atoms with Crippen molar-refractivity contribution in [3.8, 4) is 5.75 Å². The lowest BCUT2D eigenvalue weighted by Crippen LogP contribution is -2.52. The van der Waals surface area contributed by atoms with Crippen LogP contribution in [0.15, 0.2) is 12.1 Å². The van der Waals surface area contributed by atoms with E-state index in [2.05, 4.69) is 6.92 Å². The number of hydrogen-bond donors (Lipinski definition) is 2. The first-order valence-corrected chi connectivity index (χ1v) is 7.30. The van der Waals surface area contributed by atoms with E-state index in [-0.39, 0.29) is 17.2 Å². The van der Waals surface area contributed by atoms with Crippen molar-refractivity contribution >= 4 is 0 Å². The molecule has 0 radical (unpaired) electrons. The van der Waals surface area contributed by atoms with Crippen molar-refractivity contribution in [2.75, 3.05) is 0 Å². The molecule has 0 heterocycles. The first kappa shape index (κ1) is 12.9. The monoisotopic (exact) mass is 263 g/mol. The van der Waals surface area contributed by atoms with Gasteiger partial charge in [-0.25, -0.2) is 4.39 Å². The van der Waals surface area contributed by atoms with Gasteiger partial charge in [-0.2, -0.15) is 0 Å². The lowest BCUT2D eigenvalue weighted by Gasteiger charge is -2.47. The molecule has 3 N–H and O–H groups in total. The van der Waals surface area contributed by atoms with Gasteiger partial charge < -0.3 is 10.8 Å². The van der Waals surface area contributed by atoms with Gasteiger partial charge in [-0.05, 0) is 48.4 Å². The van der Waals surface area contributed by atoms with Crippen LogP contribution < -0.4 is 5.73 Å². The van der Waals surface area contributed by atoms with Crippen molar-refractivity contribution in [3.63, 3.8) is 0 Å². The van der Waals surface area contributed by atoms with Crippen molar-refractivity contribution < 1.29 is 9.50 Å². The minimum atomic E-state index is -0.507. The summed E-state index contributed by atoms with van der Waals surface area (Å²) < 4.78 is 13.6. The normalized spacial score (nSPS) is 34.3. The molecule has 0 amide bonds. The molecule has 2 aliphatic carbocycles. The van der Waals surface area contributed by atoms with Crippen LogP contribution in [0.5, 0.6) is 5.75 Å². The highest BCUT2D eigenvalue weighted by Crippen LogP contribution is 2.46. The Hall–Kier alpha value is -1.09. The van der Waals surface area contributed by atoms with Crippen LogP contribution in [0.25, 0.3) is 0 Å². The predicted molar refractivity (Wildman–Crippen MR) is 73.7 cm³/mol. The molecule has 2 bridgehead atoms. The maximum absolute atomic E-state index is 13.6. The average molecular weight is 263 g/mol. The van der Waals surface area contributed by atoms with Crippen molar-refractivity contribution in [1.82, 2.24) is 0 Å². The fraction of sp³-hybridized carbons (Fsp3) is 0.625. The van der Waals surface area contributed by atoms with Crippen LogP contribution in [-0.2, 0) is 11.8 Å². The second-order valence-corrected chi connectivity index (χ2v) is 6.47. The highest BCUT2D eigenvalue weighted by molar-refractivity contribution is 5.44. The molecule has 0 spiro atoms. The molecule has 1 fully saturated rings. The number of fused-ring (bicyclic) bond motifs is 4. The number of nitrogens with two attached hydrogens (primary N) is 1. The standard InChI is InChI=1S/C16H22FNO/c1-16-6-4-2-3-5-10(15(16)18)7-11-8-13(17)14(19)9-12(11)16/h8-10,15,19H,2-7,18H2,1H3. The molecular formula is C16H22FNO. The molecule has 2 nitrogen and oxygen atoms in total. The predicted octanol–water partition coefficient (Wildman–Crippen LogP) is 3.25. The van der Waals surface area contributed by atoms with Crippen LogP contribution >= 0.6 is 0 Å². The summed E-state index contributed by atoms with van der Waals surface area (Å²) in [6.07, 6.45) is 6.66. The Morgan fingerprint density at radius 2 is 2.11 bits per heavy atom. The van der Waals surface area contributed by atoms with E-state index in [4.69, 9.17) is 5.73 Å². The van der Waals surface area contributed by atoms with Gasteiger partial charge in [0.1, 0.15) is 0 Å². The highest BCUT2D eigenvalue weighted by Gasteiger charge is 2.44. The van der Waals surface area contributed by atoms with Crippen molar-refractivity contribution in [2.24, 2.45) is 11.7 Å². The van der Waals surface area contributed by atoms with Crippen LogP contribution in [-0.4, -0.2) is 11.1 Å². The third-order valence-corrected chi connectivity index (χ3v) is 5.28. The number of hydrogen-bond acceptors (Lipinski definition) is 2. The van der Waals surface area contributed by atoms with Crippen LogP contribution in [0.1, 0.15) is 50.2 Å². The van der Waals surface area contributed by atoms with E-state index < -0.39 is 5.82 Å². The van der Waals surface area contributed by atoms with Crippen molar-refractivity contribution in [3.05, 3.63) is 29.1 Å². The minimum absolute atomic E-state index is 0.116. The molecule has 0 aliphatic heterocycles. The Kier molecular flexibility index (Phi) is 3.05. The first-order valence-electron chi connectivity index (χ1n) is 7.30. The summed E-state index contributed by atoms with van der Waals surface area (Å²) in [5.41, 5.74) is 8.51. The molecule has 3 unspecified atom stereocenters. The SMILES string of the molecule is CC12CCCCCC(Cc3cc(F)c(O)cc31)C2N. The fourth-order valence-corrected chi connectivity index (χ4v) is 4.07. The van der Waals surface area contributed by atoms with Gasteiger partial charge in [-0.1, -0.05) is 26.2 Å². The zero-order chi connectivity index (χ0) is 13.6. The summed E-state index contributed by atoms with van der Waals surface area (Å²) in [6, 6.07) is 3.25. The van der Waals surface area contributed by atoms with Gasteiger partial charge in [-0.15, -0.1) is 0 Å². The number of benzene rings is 1. The Balaban J connectivity index is 2.14. The summed E-state index contributed by atoms with van der Waals surface area (Å²) in [4.78, 5) is 0. The van der Waals surface area contributed by atoms with E-state index in [9.17, 15) is 9.50 Å². The topological polar surface area (TPSA) is 46.2 Å². The second-order valence-electron chi connectivity index (χ2n) is 6.47. The molecule has 2 aliphatic rings. The summed E-state index contributed by atoms with van der Waals surface area (Å²) in [5, 5.41) is 9.68. The van der Waals surface area contributed by atoms with Crippen LogP contribution in [0.3, 0.4) is 0 Å². The molecule has 3 atom stereocenters. The number of phenolic OH excluding ortho intramolecular Hbond substituents is 1. The number of halogens is 1. The summed E-state index contributed by atoms with van der Waals surface area (Å²) in [6.45, 7) is 2.19. The smallest absolute Gasteiger partial charge is 0.165 e. The Labute approximate surface area is 113 Å². The molecule has 0 saturated heterocycles. The summed E-state index contributed by atoms with van der Waals surface area (Å²) >= 11 is 0. The van der Waals surface area contributed by atoms with Crippen LogP contribution in [0, 0.1) is 11.7 Å². The zero-order valence-electron chi connectivity index (χ0n) is 11.5. The fourth-order valence-electron chi connectivity index (χ4n) is 4.07. The van der Waals surface area contributed by atoms with E-state index in [0.717, 1.165) is 36.8 Å². The second kappa shape index (κ2) is 4.48. The van der Waals surface area contributed by atoms with Gasteiger partial charge in [0.25, 0.3) is 0 Å². The maximum Gasteiger partial charge on any atom is 0.165 e. The molecule has 104 valence electrons. The minimum Gasteiger partial charge on any atom is -0.505 e. The average Bonchev–Trinajstić information content (AvgIpc) is 2.37. The van der Waals surface area contributed by atoms with Gasteiger partial charge in [0, 0.05) is 11.5 Å². The maximum atomic E-state index is 13.6. The van der Waals surface area contributed by atoms with Crippen LogP contribution in [0.2, 0.25) is 0 Å². The third-order valence-electron chi connectivity index (χ3n) is 5.28. The highest BCUT2D eigenvalue weighted by atomic mass is 19.1. The van der Waals surface area contributed by atoms with E-state index >= 15 is 0 Å². The molecule has 0 aromatic heterocycles. The molecule has 19 heavy (non-hydrogen) atoms. The van der Waals surface area contributed by atoms with E-state index in [1.165, 1.54) is 18.9 Å². The van der Waals surface area contributed by atoms with Gasteiger partial charge in [0.2, 0.25) is 0 Å². The number of rotatable bonds is 0. The van der Waals surface area contributed by atoms with E-state index in [1.807, 2.05) is 0 Å². The van der Waals surface area contributed by atoms with Gasteiger partial charge in [-0.3, -0.25) is 0 Å². The zero-order valence-corrected chi connectivity index (χ0v) is 11.5. The van der Waals surface area contributed by atoms with Gasteiger partial charge in [0.05, 0.1) is 0 Å². The Bertz CT molecular complexity index is 502. The molecule has 1 aromatic carbocycles. The Morgan fingerprint density at radius 3 is 2.89 bits per heavy atom. The van der Waals surface area contributed by atoms with E-state index in [0.29, 0.717) is 5.92 Å². The molecule has 1 saturated carbocycles. The number of aromatic hydroxyl groups is 1. The molecule has 3 heteroatoms. The third kappa shape index (κ3) is 1.95. The van der Waals surface area contributed by atoms with E-state index in [1.54, 1.807) is 6.07 Å². The van der Waals surface area contributed by atoms with Gasteiger partial charge in [0.15, 0.2) is 11.6 Å². The van der Waals surface area contributed by atoms with Gasteiger partial charge >= 0.3 is 0 Å². The summed E-state index contributed by atoms with van der Waals surface area (Å²) in [7, 11) is 0. The molecular weight excluding hydrogens is 241 g/mol. The van der Waals surface area contributed by atoms with Crippen LogP contribution in [0.4, 0.5) is 4.39 Å². The largest absolute Gasteiger partial charge is 0.505 e. The number of phenols is 1. The van der Waals surface area contributed by atoms with Crippen molar-refractivity contribution in [1.29, 1.82) is 0 Å². The molecule has 1 aromatic rings. The summed E-state index contributed by atoms with van der Waals surface area (Å²) in [5.74, 6) is -0.304. The molecule has 3 rings (SSSR count). The lowest BCUT2D eigenvalue weighted by atomic mass is 9.60. The van der Waals surface area contributed by atoms with Crippen molar-refractivity contribution in [2.45, 2.75) is 56.9 Å². The lowest BCUT2D eigenvalue weighted by molar-refractivity contribution is 0.201.